The van der Waals surface area contributed by atoms with Crippen LogP contribution < -0.4 is 10.6 Å². The van der Waals surface area contributed by atoms with Gasteiger partial charge in [0.25, 0.3) is 11.8 Å². The van der Waals surface area contributed by atoms with Crippen LogP contribution in [0.2, 0.25) is 0 Å². The summed E-state index contributed by atoms with van der Waals surface area (Å²) in [6.45, 7) is 5.43. The van der Waals surface area contributed by atoms with E-state index in [-0.39, 0.29) is 56.3 Å². The van der Waals surface area contributed by atoms with Gasteiger partial charge in [-0.25, -0.2) is 15.5 Å². The Kier molecular flexibility index (Phi) is 20.3. The molecule has 2 aliphatic heterocycles. The Bertz CT molecular complexity index is 2270. The Morgan fingerprint density at radius 3 is 1.39 bits per heavy atom. The average molecular weight is 851 g/mol. The number of nitrogens with zero attached hydrogens (tertiary/aromatic N) is 2. The van der Waals surface area contributed by atoms with Gasteiger partial charge in [-0.1, -0.05) is 84.4 Å². The molecule has 0 spiro atoms. The van der Waals surface area contributed by atoms with Crippen LogP contribution in [0.25, 0.3) is 0 Å². The molecule has 275 valence electrons. The van der Waals surface area contributed by atoms with Crippen molar-refractivity contribution in [2.45, 2.75) is 44.7 Å². The molecule has 1 radical (unpaired) electrons. The van der Waals surface area contributed by atoms with Crippen molar-refractivity contribution in [2.75, 3.05) is 14.1 Å². The van der Waals surface area contributed by atoms with Gasteiger partial charge in [-0.15, -0.1) is 37.5 Å². The molecule has 4 rings (SSSR count). The quantitative estimate of drug-likeness (QED) is 0.154. The van der Waals surface area contributed by atoms with Gasteiger partial charge in [-0.05, 0) is 78.5 Å². The molecule has 2 saturated heterocycles. The third-order valence-corrected chi connectivity index (χ3v) is 11.6. The molecular formula is C44H35N4O5P2Y-. The Morgan fingerprint density at radius 1 is 0.661 bits per heavy atom. The number of aromatic hydroxyl groups is 1. The third kappa shape index (κ3) is 11.7. The number of carbonyl (C=O) groups is 4. The zero-order valence-electron chi connectivity index (χ0n) is 31.4. The van der Waals surface area contributed by atoms with Crippen LogP contribution >= 0.6 is 15.8 Å². The first-order chi connectivity index (χ1) is 26.4. The predicted molar refractivity (Wildman–Crippen MR) is 218 cm³/mol. The summed E-state index contributed by atoms with van der Waals surface area (Å²) in [5, 5.41) is 15.4. The van der Waals surface area contributed by atoms with Gasteiger partial charge in [-0.3, -0.25) is 25.3 Å². The van der Waals surface area contributed by atoms with E-state index in [9.17, 15) is 24.3 Å². The first-order valence-electron chi connectivity index (χ1n) is 16.2. The summed E-state index contributed by atoms with van der Waals surface area (Å²) in [7, 11) is 0.388. The molecule has 2 fully saturated rings. The summed E-state index contributed by atoms with van der Waals surface area (Å²) >= 11 is 0. The minimum atomic E-state index is -1.32. The van der Waals surface area contributed by atoms with Crippen LogP contribution in [0.3, 0.4) is 0 Å². The van der Waals surface area contributed by atoms with Crippen LogP contribution in [0, 0.1) is 113 Å². The van der Waals surface area contributed by atoms with Crippen molar-refractivity contribution in [1.29, 1.82) is 0 Å². The molecule has 9 nitrogen and oxygen atoms in total. The van der Waals surface area contributed by atoms with Gasteiger partial charge in [0.2, 0.25) is 0 Å². The van der Waals surface area contributed by atoms with E-state index in [1.807, 2.05) is 44.2 Å². The normalized spacial score (nSPS) is 17.2. The molecule has 2 aromatic rings. The molecule has 2 aliphatic rings. The summed E-state index contributed by atoms with van der Waals surface area (Å²) < 4.78 is 0. The number of likely N-dealkylation sites (N-methyl/N-ethyl adjacent to an activating group) is 2. The number of benzene rings is 2. The summed E-state index contributed by atoms with van der Waals surface area (Å²) in [4.78, 5) is 49.5. The Hall–Kier alpha value is -6.01. The molecule has 2 aromatic carbocycles. The van der Waals surface area contributed by atoms with Crippen molar-refractivity contribution in [3.63, 3.8) is 0 Å². The Labute approximate surface area is 358 Å². The van der Waals surface area contributed by atoms with Gasteiger partial charge in [-0.2, -0.15) is 0 Å². The number of hydrogen-bond donors (Lipinski definition) is 3. The minimum Gasteiger partial charge on any atom is -0.508 e. The van der Waals surface area contributed by atoms with E-state index in [0.29, 0.717) is 23.8 Å². The fourth-order valence-corrected chi connectivity index (χ4v) is 8.12. The molecule has 0 saturated carbocycles. The molecule has 3 N–H and O–H groups in total. The van der Waals surface area contributed by atoms with Crippen molar-refractivity contribution < 1.29 is 57.0 Å². The number of imide groups is 2. The number of carbonyl (C=O) groups excluding carboxylic acids is 4. The number of phenolic OH excluding ortho intramolecular Hbond substituents is 1. The molecule has 3 atom stereocenters. The van der Waals surface area contributed by atoms with E-state index in [1.165, 1.54) is 26.2 Å². The Balaban J connectivity index is 0.000000421. The number of phenols is 1. The minimum absolute atomic E-state index is 0. The van der Waals surface area contributed by atoms with Gasteiger partial charge in [0.1, 0.15) is 16.8 Å². The number of hydrogen-bond acceptors (Lipinski definition) is 5. The molecule has 2 heterocycles. The van der Waals surface area contributed by atoms with Gasteiger partial charge < -0.3 is 15.7 Å². The van der Waals surface area contributed by atoms with Gasteiger partial charge in [0.05, 0.1) is 0 Å². The van der Waals surface area contributed by atoms with E-state index in [2.05, 4.69) is 92.5 Å². The molecule has 0 aromatic heterocycles. The second kappa shape index (κ2) is 23.7. The van der Waals surface area contributed by atoms with E-state index in [0.717, 1.165) is 15.4 Å². The van der Waals surface area contributed by atoms with Crippen LogP contribution in [0.4, 0.5) is 9.59 Å². The fraction of sp³-hybridized carbons (Fsp3) is 0.205. The predicted octanol–water partition coefficient (Wildman–Crippen LogP) is 5.49. The van der Waals surface area contributed by atoms with Gasteiger partial charge in [0.15, 0.2) is 0 Å². The summed E-state index contributed by atoms with van der Waals surface area (Å²) in [6, 6.07) is 14.9. The van der Waals surface area contributed by atoms with Crippen molar-refractivity contribution in [3.05, 3.63) is 71.1 Å². The van der Waals surface area contributed by atoms with Crippen LogP contribution in [-0.4, -0.2) is 52.9 Å². The molecule has 56 heavy (non-hydrogen) atoms. The SMILES string of the molecule is C#CC#C[C-](P(C#CC)C#CC#C)P(C#CC#C)C#CC#C.CC[C@@]1(c2ccc(O)cc2)NC(=O)N(C)C1=O.CC[C@@]1(c2ccccc2)NC(=O)N(C)C1=O.[Y]. The van der Waals surface area contributed by atoms with Crippen molar-refractivity contribution in [2.24, 2.45) is 0 Å². The van der Waals surface area contributed by atoms with Crippen LogP contribution in [0.5, 0.6) is 5.75 Å². The summed E-state index contributed by atoms with van der Waals surface area (Å²) in [5.41, 5.74) is 11.2. The first-order valence-corrected chi connectivity index (χ1v) is 18.9. The van der Waals surface area contributed by atoms with Crippen molar-refractivity contribution >= 4 is 39.7 Å². The van der Waals surface area contributed by atoms with Crippen LogP contribution in [0.15, 0.2) is 54.6 Å². The maximum absolute atomic E-state index is 12.1. The zero-order chi connectivity index (χ0) is 41.0. The van der Waals surface area contributed by atoms with Crippen LogP contribution in [0.1, 0.15) is 44.7 Å². The molecule has 6 amide bonds. The third-order valence-electron chi connectivity index (χ3n) is 7.89. The second-order valence-electron chi connectivity index (χ2n) is 10.9. The first kappa shape index (κ1) is 48.0. The largest absolute Gasteiger partial charge is 0.508 e. The number of rotatable bonds is 6. The molecular weight excluding hydrogens is 815 g/mol. The smallest absolute Gasteiger partial charge is 0.325 e. The maximum atomic E-state index is 12.1. The molecule has 12 heteroatoms. The number of urea groups is 2. The number of amides is 6. The number of nitrogens with one attached hydrogen (secondary N) is 2. The van der Waals surface area contributed by atoms with E-state index < -0.39 is 33.0 Å². The molecule has 1 unspecified atom stereocenters. The van der Waals surface area contributed by atoms with E-state index in [1.54, 1.807) is 19.1 Å². The molecule has 0 bridgehead atoms. The average Bonchev–Trinajstić information content (AvgIpc) is 3.57. The number of terminal acetylenes is 4. The summed E-state index contributed by atoms with van der Waals surface area (Å²) in [5.74, 6) is 24.5. The van der Waals surface area contributed by atoms with Gasteiger partial charge >= 0.3 is 12.1 Å². The topological polar surface area (TPSA) is 119 Å². The fourth-order valence-electron chi connectivity index (χ4n) is 5.09. The Morgan fingerprint density at radius 2 is 1.05 bits per heavy atom. The van der Waals surface area contributed by atoms with Crippen LogP contribution in [-0.2, 0) is 53.4 Å². The van der Waals surface area contributed by atoms with Gasteiger partial charge in [0, 0.05) is 62.6 Å². The van der Waals surface area contributed by atoms with E-state index >= 15 is 0 Å². The maximum Gasteiger partial charge on any atom is 0.325 e. The van der Waals surface area contributed by atoms with Crippen molar-refractivity contribution in [3.8, 4) is 113 Å². The standard InChI is InChI=1S/C20H7P2.C12H14N2O3.C12H14N2O2.Y/c1-6-11-15-20(21(16-10-5)17-12-7-2)22(18-13-8-3)19-14-9-4;1-3-12(8-4-6-9(15)7-5-8)10(16)14(2)11(17)13-12;1-3-12(9-7-5-4-6-8-9)10(15)14(2)11(16)13-12;/h1-4H,5H3;4-7,15H,3H2,1-2H3,(H,13,17);4-8H,3H2,1-2H3,(H,13,16);/q-1;;;/t;2*12-;/m.00./s1. The second-order valence-corrected chi connectivity index (χ2v) is 14.4. The zero-order valence-corrected chi connectivity index (χ0v) is 36.0. The van der Waals surface area contributed by atoms with E-state index in [4.69, 9.17) is 25.7 Å². The summed E-state index contributed by atoms with van der Waals surface area (Å²) in [6.07, 6.45) is 21.7. The molecule has 0 aliphatic carbocycles. The van der Waals surface area contributed by atoms with Crippen molar-refractivity contribution in [1.82, 2.24) is 20.4 Å². The monoisotopic (exact) mass is 850 g/mol.